The second kappa shape index (κ2) is 9.75. The minimum absolute atomic E-state index is 0.0849. The summed E-state index contributed by atoms with van der Waals surface area (Å²) in [6, 6.07) is 9.31. The van der Waals surface area contributed by atoms with Crippen molar-refractivity contribution in [3.63, 3.8) is 0 Å². The molecule has 1 aliphatic rings. The van der Waals surface area contributed by atoms with E-state index in [1.54, 1.807) is 28.1 Å². The Hall–Kier alpha value is -3.19. The maximum Gasteiger partial charge on any atom is 0.409 e. The second-order valence-electron chi connectivity index (χ2n) is 8.21. The zero-order valence-electron chi connectivity index (χ0n) is 19.1. The molecule has 1 aromatic carbocycles. The molecule has 0 bridgehead atoms. The molecule has 8 heteroatoms. The van der Waals surface area contributed by atoms with Crippen molar-refractivity contribution in [1.29, 1.82) is 0 Å². The first kappa shape index (κ1) is 23.0. The summed E-state index contributed by atoms with van der Waals surface area (Å²) in [7, 11) is 0. The molecule has 2 amide bonds. The highest BCUT2D eigenvalue weighted by Crippen LogP contribution is 2.33. The summed E-state index contributed by atoms with van der Waals surface area (Å²) in [6.45, 7) is 8.07. The van der Waals surface area contributed by atoms with Crippen LogP contribution in [-0.4, -0.2) is 64.6 Å². The van der Waals surface area contributed by atoms with Gasteiger partial charge in [-0.2, -0.15) is 0 Å². The third-order valence-electron chi connectivity index (χ3n) is 5.82. The molecule has 7 nitrogen and oxygen atoms in total. The Balaban J connectivity index is 1.57. The van der Waals surface area contributed by atoms with Crippen LogP contribution in [0.15, 0.2) is 36.5 Å². The Morgan fingerprint density at radius 1 is 1.06 bits per heavy atom. The summed E-state index contributed by atoms with van der Waals surface area (Å²) < 4.78 is 5.19. The first-order chi connectivity index (χ1) is 15.9. The van der Waals surface area contributed by atoms with E-state index in [9.17, 15) is 9.59 Å². The molecule has 0 radical (unpaired) electrons. The number of piperazine rings is 1. The van der Waals surface area contributed by atoms with Crippen LogP contribution in [0.1, 0.15) is 35.0 Å². The molecular formula is C25H27ClN4O3. The smallest absolute Gasteiger partial charge is 0.409 e. The van der Waals surface area contributed by atoms with Gasteiger partial charge < -0.3 is 14.5 Å². The average molecular weight is 467 g/mol. The van der Waals surface area contributed by atoms with Gasteiger partial charge >= 0.3 is 6.09 Å². The molecule has 3 aromatic rings. The molecule has 33 heavy (non-hydrogen) atoms. The number of aryl methyl sites for hydroxylation is 1. The predicted molar refractivity (Wildman–Crippen MR) is 129 cm³/mol. The van der Waals surface area contributed by atoms with E-state index in [4.69, 9.17) is 21.3 Å². The normalized spacial score (nSPS) is 13.9. The SMILES string of the molecule is CCCOC(=O)N1CCN(C(=O)c2ccc3c(Cl)c(C)c(-c4ccnc(C)c4)nc3c2)CC1. The molecule has 0 spiro atoms. The maximum absolute atomic E-state index is 13.2. The first-order valence-corrected chi connectivity index (χ1v) is 11.5. The van der Waals surface area contributed by atoms with E-state index in [0.29, 0.717) is 48.9 Å². The number of fused-ring (bicyclic) bond motifs is 1. The van der Waals surface area contributed by atoms with Gasteiger partial charge in [-0.25, -0.2) is 9.78 Å². The third-order valence-corrected chi connectivity index (χ3v) is 6.31. The van der Waals surface area contributed by atoms with Crippen LogP contribution in [-0.2, 0) is 4.74 Å². The number of halogens is 1. The van der Waals surface area contributed by atoms with Crippen molar-refractivity contribution in [2.45, 2.75) is 27.2 Å². The van der Waals surface area contributed by atoms with E-state index in [1.165, 1.54) is 0 Å². The molecule has 4 rings (SSSR count). The number of carbonyl (C=O) groups is 2. The van der Waals surface area contributed by atoms with Gasteiger partial charge in [-0.3, -0.25) is 9.78 Å². The zero-order valence-corrected chi connectivity index (χ0v) is 19.9. The minimum Gasteiger partial charge on any atom is -0.449 e. The van der Waals surface area contributed by atoms with Gasteiger partial charge in [0.25, 0.3) is 5.91 Å². The summed E-state index contributed by atoms with van der Waals surface area (Å²) in [5.74, 6) is -0.0849. The Labute approximate surface area is 198 Å². The number of aromatic nitrogens is 2. The monoisotopic (exact) mass is 466 g/mol. The lowest BCUT2D eigenvalue weighted by molar-refractivity contribution is 0.0560. The number of hydrogen-bond acceptors (Lipinski definition) is 5. The summed E-state index contributed by atoms with van der Waals surface area (Å²) in [5, 5.41) is 1.44. The van der Waals surface area contributed by atoms with Crippen LogP contribution in [0.25, 0.3) is 22.2 Å². The van der Waals surface area contributed by atoms with Crippen molar-refractivity contribution in [2.75, 3.05) is 32.8 Å². The van der Waals surface area contributed by atoms with Gasteiger partial charge in [0.2, 0.25) is 0 Å². The molecule has 3 heterocycles. The molecule has 1 saturated heterocycles. The lowest BCUT2D eigenvalue weighted by atomic mass is 10.0. The molecule has 0 N–H and O–H groups in total. The summed E-state index contributed by atoms with van der Waals surface area (Å²) in [5.41, 5.74) is 4.72. The molecule has 0 unspecified atom stereocenters. The second-order valence-corrected chi connectivity index (χ2v) is 8.59. The molecule has 1 fully saturated rings. The van der Waals surface area contributed by atoms with Gasteiger partial charge in [0.05, 0.1) is 22.8 Å². The molecule has 2 aromatic heterocycles. The molecule has 0 aliphatic carbocycles. The van der Waals surface area contributed by atoms with Gasteiger partial charge in [0, 0.05) is 54.6 Å². The van der Waals surface area contributed by atoms with Crippen molar-refractivity contribution in [2.24, 2.45) is 0 Å². The Morgan fingerprint density at radius 3 is 2.48 bits per heavy atom. The number of pyridine rings is 2. The number of amides is 2. The fraction of sp³-hybridized carbons (Fsp3) is 0.360. The van der Waals surface area contributed by atoms with E-state index in [0.717, 1.165) is 34.3 Å². The first-order valence-electron chi connectivity index (χ1n) is 11.1. The van der Waals surface area contributed by atoms with Crippen LogP contribution in [0, 0.1) is 13.8 Å². The lowest BCUT2D eigenvalue weighted by Gasteiger charge is -2.34. The van der Waals surface area contributed by atoms with Crippen LogP contribution < -0.4 is 0 Å². The van der Waals surface area contributed by atoms with Gasteiger partial charge in [-0.1, -0.05) is 24.6 Å². The Kier molecular flexibility index (Phi) is 6.79. The minimum atomic E-state index is -0.317. The highest BCUT2D eigenvalue weighted by molar-refractivity contribution is 6.36. The third kappa shape index (κ3) is 4.78. The fourth-order valence-corrected chi connectivity index (χ4v) is 4.23. The zero-order chi connectivity index (χ0) is 23.5. The summed E-state index contributed by atoms with van der Waals surface area (Å²) in [6.07, 6.45) is 2.22. The topological polar surface area (TPSA) is 75.6 Å². The molecule has 1 aliphatic heterocycles. The molecular weight excluding hydrogens is 440 g/mol. The van der Waals surface area contributed by atoms with Crippen molar-refractivity contribution in [3.05, 3.63) is 58.4 Å². The number of benzene rings is 1. The average Bonchev–Trinajstić information content (AvgIpc) is 2.84. The number of carbonyl (C=O) groups excluding carboxylic acids is 2. The van der Waals surface area contributed by atoms with E-state index in [-0.39, 0.29) is 12.0 Å². The Bertz CT molecular complexity index is 1210. The fourth-order valence-electron chi connectivity index (χ4n) is 3.98. The van der Waals surface area contributed by atoms with Crippen molar-refractivity contribution >= 4 is 34.5 Å². The molecule has 172 valence electrons. The Morgan fingerprint density at radius 2 is 1.79 bits per heavy atom. The number of ether oxygens (including phenoxy) is 1. The molecule has 0 saturated carbocycles. The van der Waals surface area contributed by atoms with Gasteiger partial charge in [-0.15, -0.1) is 0 Å². The predicted octanol–water partition coefficient (Wildman–Crippen LogP) is 4.87. The van der Waals surface area contributed by atoms with Crippen LogP contribution in [0.5, 0.6) is 0 Å². The quantitative estimate of drug-likeness (QED) is 0.548. The van der Waals surface area contributed by atoms with E-state index in [2.05, 4.69) is 4.98 Å². The lowest BCUT2D eigenvalue weighted by Crippen LogP contribution is -2.50. The maximum atomic E-state index is 13.2. The number of nitrogens with zero attached hydrogens (tertiary/aromatic N) is 4. The van der Waals surface area contributed by atoms with E-state index < -0.39 is 0 Å². The van der Waals surface area contributed by atoms with Crippen LogP contribution in [0.2, 0.25) is 5.02 Å². The van der Waals surface area contributed by atoms with Crippen molar-refractivity contribution in [1.82, 2.24) is 19.8 Å². The van der Waals surface area contributed by atoms with Crippen LogP contribution in [0.3, 0.4) is 0 Å². The summed E-state index contributed by atoms with van der Waals surface area (Å²) in [4.78, 5) is 37.7. The van der Waals surface area contributed by atoms with Crippen LogP contribution in [0.4, 0.5) is 4.79 Å². The van der Waals surface area contributed by atoms with E-state index >= 15 is 0 Å². The number of hydrogen-bond donors (Lipinski definition) is 0. The van der Waals surface area contributed by atoms with Gasteiger partial charge in [-0.05, 0) is 50.1 Å². The standard InChI is InChI=1S/C25H27ClN4O3/c1-4-13-33-25(32)30-11-9-29(10-12-30)24(31)19-5-6-20-21(15-19)28-23(17(3)22(20)26)18-7-8-27-16(2)14-18/h5-8,14-15H,4,9-13H2,1-3H3. The highest BCUT2D eigenvalue weighted by atomic mass is 35.5. The van der Waals surface area contributed by atoms with Gasteiger partial charge in [0.15, 0.2) is 0 Å². The highest BCUT2D eigenvalue weighted by Gasteiger charge is 2.26. The van der Waals surface area contributed by atoms with Crippen LogP contribution >= 0.6 is 11.6 Å². The van der Waals surface area contributed by atoms with E-state index in [1.807, 2.05) is 39.0 Å². The van der Waals surface area contributed by atoms with Crippen molar-refractivity contribution in [3.8, 4) is 11.3 Å². The molecule has 0 atom stereocenters. The number of rotatable bonds is 4. The largest absolute Gasteiger partial charge is 0.449 e. The van der Waals surface area contributed by atoms with Gasteiger partial charge in [0.1, 0.15) is 0 Å². The van der Waals surface area contributed by atoms with Crippen molar-refractivity contribution < 1.29 is 14.3 Å². The summed E-state index contributed by atoms with van der Waals surface area (Å²) >= 11 is 6.68.